The van der Waals surface area contributed by atoms with Crippen LogP contribution in [-0.2, 0) is 0 Å². The molecule has 0 aliphatic carbocycles. The number of carbonyl (C=O) groups excluding carboxylic acids is 1. The molecule has 4 heteroatoms. The summed E-state index contributed by atoms with van der Waals surface area (Å²) in [4.78, 5) is 15.2. The molecule has 84 valence electrons. The van der Waals surface area contributed by atoms with Crippen molar-refractivity contribution in [2.75, 3.05) is 7.11 Å². The first-order valence-corrected chi connectivity index (χ1v) is 5.23. The van der Waals surface area contributed by atoms with E-state index < -0.39 is 0 Å². The first kappa shape index (κ1) is 9.84. The van der Waals surface area contributed by atoms with Gasteiger partial charge in [-0.1, -0.05) is 12.1 Å². The Morgan fingerprint density at radius 1 is 1.29 bits per heavy atom. The second kappa shape index (κ2) is 3.59. The highest BCUT2D eigenvalue weighted by Crippen LogP contribution is 2.27. The number of para-hydroxylation sites is 1. The molecule has 0 saturated carbocycles. The molecule has 1 aromatic carbocycles. The minimum Gasteiger partial charge on any atom is -0.495 e. The number of ether oxygens (including phenoxy) is 1. The highest BCUT2D eigenvalue weighted by Gasteiger charge is 2.09. The van der Waals surface area contributed by atoms with Gasteiger partial charge in [0, 0.05) is 5.39 Å². The summed E-state index contributed by atoms with van der Waals surface area (Å²) >= 11 is 0. The highest BCUT2D eigenvalue weighted by atomic mass is 16.5. The molecule has 2 aromatic heterocycles. The maximum atomic E-state index is 11.0. The maximum absolute atomic E-state index is 11.0. The molecule has 0 amide bonds. The van der Waals surface area contributed by atoms with Gasteiger partial charge in [0.25, 0.3) is 0 Å². The Hall–Kier alpha value is -2.36. The van der Waals surface area contributed by atoms with Crippen LogP contribution < -0.4 is 4.74 Å². The van der Waals surface area contributed by atoms with E-state index in [2.05, 4.69) is 4.98 Å². The fraction of sp³-hybridized carbons (Fsp3) is 0.0769. The Labute approximate surface area is 97.5 Å². The molecule has 0 fully saturated rings. The lowest BCUT2D eigenvalue weighted by Gasteiger charge is -2.08. The van der Waals surface area contributed by atoms with Crippen LogP contribution in [0.1, 0.15) is 10.5 Å². The third-order valence-electron chi connectivity index (χ3n) is 2.82. The fourth-order valence-corrected chi connectivity index (χ4v) is 2.07. The zero-order valence-electron chi connectivity index (χ0n) is 9.25. The summed E-state index contributed by atoms with van der Waals surface area (Å²) in [6, 6.07) is 9.62. The van der Waals surface area contributed by atoms with E-state index in [0.29, 0.717) is 5.69 Å². The van der Waals surface area contributed by atoms with Crippen LogP contribution in [0.3, 0.4) is 0 Å². The Balaban J connectivity index is 2.60. The number of benzene rings is 1. The zero-order chi connectivity index (χ0) is 11.8. The number of rotatable bonds is 2. The minimum absolute atomic E-state index is 0.523. The molecule has 0 atom stereocenters. The van der Waals surface area contributed by atoms with Crippen molar-refractivity contribution in [2.45, 2.75) is 0 Å². The Morgan fingerprint density at radius 2 is 2.18 bits per heavy atom. The minimum atomic E-state index is 0.523. The summed E-state index contributed by atoms with van der Waals surface area (Å²) in [5.41, 5.74) is 2.13. The van der Waals surface area contributed by atoms with Crippen LogP contribution in [-0.4, -0.2) is 22.8 Å². The quantitative estimate of drug-likeness (QED) is 0.630. The van der Waals surface area contributed by atoms with Gasteiger partial charge in [-0.3, -0.25) is 9.20 Å². The summed E-state index contributed by atoms with van der Waals surface area (Å²) in [7, 11) is 1.62. The normalized spacial score (nSPS) is 10.9. The van der Waals surface area contributed by atoms with E-state index in [1.807, 2.05) is 30.3 Å². The van der Waals surface area contributed by atoms with Crippen molar-refractivity contribution in [3.63, 3.8) is 0 Å². The lowest BCUT2D eigenvalue weighted by Crippen LogP contribution is -1.96. The van der Waals surface area contributed by atoms with Gasteiger partial charge >= 0.3 is 0 Å². The maximum Gasteiger partial charge on any atom is 0.168 e. The van der Waals surface area contributed by atoms with Crippen molar-refractivity contribution >= 4 is 22.8 Å². The Morgan fingerprint density at radius 3 is 2.94 bits per heavy atom. The molecule has 17 heavy (non-hydrogen) atoms. The predicted molar refractivity (Wildman–Crippen MR) is 64.6 cm³/mol. The van der Waals surface area contributed by atoms with Crippen LogP contribution in [0.15, 0.2) is 36.5 Å². The van der Waals surface area contributed by atoms with Crippen LogP contribution in [0.2, 0.25) is 0 Å². The van der Waals surface area contributed by atoms with Crippen LogP contribution >= 0.6 is 0 Å². The van der Waals surface area contributed by atoms with Gasteiger partial charge in [-0.15, -0.1) is 0 Å². The molecule has 0 N–H and O–H groups in total. The van der Waals surface area contributed by atoms with Crippen molar-refractivity contribution in [1.29, 1.82) is 0 Å². The molecular weight excluding hydrogens is 216 g/mol. The molecular formula is C13H10N2O2. The lowest BCUT2D eigenvalue weighted by molar-refractivity contribution is 0.111. The number of hydrogen-bond donors (Lipinski definition) is 0. The van der Waals surface area contributed by atoms with Gasteiger partial charge < -0.3 is 4.74 Å². The molecule has 3 rings (SSSR count). The van der Waals surface area contributed by atoms with Crippen molar-refractivity contribution in [2.24, 2.45) is 0 Å². The van der Waals surface area contributed by atoms with E-state index in [-0.39, 0.29) is 0 Å². The van der Waals surface area contributed by atoms with Gasteiger partial charge in [0.1, 0.15) is 17.1 Å². The number of hydrogen-bond acceptors (Lipinski definition) is 3. The molecule has 0 saturated heterocycles. The number of methoxy groups -OCH3 is 1. The predicted octanol–water partition coefficient (Wildman–Crippen LogP) is 2.31. The summed E-state index contributed by atoms with van der Waals surface area (Å²) in [6.07, 6.45) is 2.36. The summed E-state index contributed by atoms with van der Waals surface area (Å²) in [5, 5.41) is 1.01. The summed E-state index contributed by atoms with van der Waals surface area (Å²) < 4.78 is 7.15. The zero-order valence-corrected chi connectivity index (χ0v) is 9.25. The molecule has 2 heterocycles. The van der Waals surface area contributed by atoms with Crippen molar-refractivity contribution in [3.05, 3.63) is 42.2 Å². The molecule has 0 unspecified atom stereocenters. The number of aromatic nitrogens is 2. The molecule has 0 bridgehead atoms. The van der Waals surface area contributed by atoms with Gasteiger partial charge in [0.2, 0.25) is 0 Å². The second-order valence-electron chi connectivity index (χ2n) is 3.73. The largest absolute Gasteiger partial charge is 0.495 e. The van der Waals surface area contributed by atoms with Crippen LogP contribution in [0.5, 0.6) is 5.75 Å². The SMILES string of the molecule is COc1cccc2ccc3ncc(C=O)n3c12. The van der Waals surface area contributed by atoms with Gasteiger partial charge in [0.15, 0.2) is 6.29 Å². The smallest absolute Gasteiger partial charge is 0.168 e. The van der Waals surface area contributed by atoms with Crippen LogP contribution in [0.4, 0.5) is 0 Å². The van der Waals surface area contributed by atoms with Crippen molar-refractivity contribution in [3.8, 4) is 5.75 Å². The van der Waals surface area contributed by atoms with Gasteiger partial charge in [-0.2, -0.15) is 0 Å². The number of aldehydes is 1. The Bertz CT molecular complexity index is 716. The molecule has 0 radical (unpaired) electrons. The molecule has 4 nitrogen and oxygen atoms in total. The van der Waals surface area contributed by atoms with Crippen LogP contribution in [0.25, 0.3) is 16.6 Å². The third kappa shape index (κ3) is 1.30. The van der Waals surface area contributed by atoms with Gasteiger partial charge in [-0.05, 0) is 18.2 Å². The number of fused-ring (bicyclic) bond motifs is 3. The fourth-order valence-electron chi connectivity index (χ4n) is 2.07. The first-order chi connectivity index (χ1) is 8.35. The lowest BCUT2D eigenvalue weighted by atomic mass is 10.2. The Kier molecular flexibility index (Phi) is 2.08. The van der Waals surface area contributed by atoms with E-state index in [4.69, 9.17) is 4.74 Å². The number of carbonyl (C=O) groups is 1. The van der Waals surface area contributed by atoms with E-state index >= 15 is 0 Å². The van der Waals surface area contributed by atoms with Crippen molar-refractivity contribution in [1.82, 2.24) is 9.38 Å². The van der Waals surface area contributed by atoms with E-state index in [9.17, 15) is 4.79 Å². The van der Waals surface area contributed by atoms with Gasteiger partial charge in [0.05, 0.1) is 18.8 Å². The summed E-state index contributed by atoms with van der Waals surface area (Å²) in [5.74, 6) is 0.731. The highest BCUT2D eigenvalue weighted by molar-refractivity contribution is 5.90. The monoisotopic (exact) mass is 226 g/mol. The van der Waals surface area contributed by atoms with E-state index in [1.54, 1.807) is 17.7 Å². The van der Waals surface area contributed by atoms with Crippen molar-refractivity contribution < 1.29 is 9.53 Å². The van der Waals surface area contributed by atoms with E-state index in [1.165, 1.54) is 0 Å². The second-order valence-corrected chi connectivity index (χ2v) is 3.73. The third-order valence-corrected chi connectivity index (χ3v) is 2.82. The van der Waals surface area contributed by atoms with Gasteiger partial charge in [-0.25, -0.2) is 4.98 Å². The molecule has 0 spiro atoms. The average molecular weight is 226 g/mol. The van der Waals surface area contributed by atoms with Crippen LogP contribution in [0, 0.1) is 0 Å². The molecule has 3 aromatic rings. The number of pyridine rings is 1. The average Bonchev–Trinajstić information content (AvgIpc) is 2.81. The topological polar surface area (TPSA) is 43.6 Å². The molecule has 0 aliphatic heterocycles. The number of nitrogens with zero attached hydrogens (tertiary/aromatic N) is 2. The van der Waals surface area contributed by atoms with E-state index in [0.717, 1.165) is 28.6 Å². The molecule has 0 aliphatic rings. The number of imidazole rings is 1. The standard InChI is InChI=1S/C13H10N2O2/c1-17-11-4-2-3-9-5-6-12-14-7-10(8-16)15(12)13(9)11/h2-8H,1H3. The summed E-state index contributed by atoms with van der Waals surface area (Å²) in [6.45, 7) is 0. The first-order valence-electron chi connectivity index (χ1n) is 5.23.